The molecule has 0 N–H and O–H groups in total. The summed E-state index contributed by atoms with van der Waals surface area (Å²) in [5.74, 6) is 0. The van der Waals surface area contributed by atoms with E-state index in [1.165, 1.54) is 6.07 Å². The lowest BCUT2D eigenvalue weighted by molar-refractivity contribution is -0.137. The number of alkyl halides is 3. The molecular weight excluding hydrogens is 255 g/mol. The smallest absolute Gasteiger partial charge is 0.369 e. The standard InChI is InChI=1S/C13H14F3N3/c1-18-4-6-19(7-5-18)11-3-2-10(9-17)12(8-11)13(14,15)16/h2-3,8H,4-7H2,1H3. The second kappa shape index (κ2) is 5.10. The molecule has 2 rings (SSSR count). The van der Waals surface area contributed by atoms with Crippen LogP contribution in [0, 0.1) is 11.3 Å². The molecule has 0 aromatic heterocycles. The van der Waals surface area contributed by atoms with E-state index < -0.39 is 11.7 Å². The number of likely N-dealkylation sites (N-methyl/N-ethyl adjacent to an activating group) is 1. The average Bonchev–Trinajstić information content (AvgIpc) is 2.38. The maximum atomic E-state index is 12.9. The molecule has 1 aromatic rings. The zero-order valence-corrected chi connectivity index (χ0v) is 10.5. The fourth-order valence-corrected chi connectivity index (χ4v) is 2.13. The fourth-order valence-electron chi connectivity index (χ4n) is 2.13. The third-order valence-corrected chi connectivity index (χ3v) is 3.30. The Hall–Kier alpha value is -1.74. The van der Waals surface area contributed by atoms with Crippen molar-refractivity contribution in [1.82, 2.24) is 4.90 Å². The van der Waals surface area contributed by atoms with E-state index in [2.05, 4.69) is 4.90 Å². The minimum Gasteiger partial charge on any atom is -0.369 e. The molecule has 1 aromatic carbocycles. The van der Waals surface area contributed by atoms with Gasteiger partial charge in [0.15, 0.2) is 0 Å². The van der Waals surface area contributed by atoms with Crippen molar-refractivity contribution in [2.75, 3.05) is 38.1 Å². The van der Waals surface area contributed by atoms with Gasteiger partial charge < -0.3 is 9.80 Å². The van der Waals surface area contributed by atoms with Crippen LogP contribution in [0.2, 0.25) is 0 Å². The Morgan fingerprint density at radius 1 is 1.16 bits per heavy atom. The molecule has 1 heterocycles. The minimum atomic E-state index is -4.49. The van der Waals surface area contributed by atoms with E-state index in [4.69, 9.17) is 5.26 Å². The van der Waals surface area contributed by atoms with Crippen molar-refractivity contribution in [2.24, 2.45) is 0 Å². The monoisotopic (exact) mass is 269 g/mol. The topological polar surface area (TPSA) is 30.3 Å². The van der Waals surface area contributed by atoms with Gasteiger partial charge in [-0.1, -0.05) is 0 Å². The molecule has 0 bridgehead atoms. The van der Waals surface area contributed by atoms with Crippen molar-refractivity contribution in [3.8, 4) is 6.07 Å². The SMILES string of the molecule is CN1CCN(c2ccc(C#N)c(C(F)(F)F)c2)CC1. The quantitative estimate of drug-likeness (QED) is 0.784. The van der Waals surface area contributed by atoms with Crippen LogP contribution in [-0.2, 0) is 6.18 Å². The number of halogens is 3. The third-order valence-electron chi connectivity index (χ3n) is 3.30. The highest BCUT2D eigenvalue weighted by Crippen LogP contribution is 2.34. The summed E-state index contributed by atoms with van der Waals surface area (Å²) in [4.78, 5) is 4.04. The summed E-state index contributed by atoms with van der Waals surface area (Å²) in [5.41, 5.74) is -0.656. The molecule has 0 spiro atoms. The molecule has 0 aliphatic carbocycles. The number of benzene rings is 1. The van der Waals surface area contributed by atoms with Gasteiger partial charge in [0.1, 0.15) is 0 Å². The van der Waals surface area contributed by atoms with Gasteiger partial charge in [-0.25, -0.2) is 0 Å². The van der Waals surface area contributed by atoms with E-state index >= 15 is 0 Å². The highest BCUT2D eigenvalue weighted by molar-refractivity contribution is 5.55. The second-order valence-corrected chi connectivity index (χ2v) is 4.63. The van der Waals surface area contributed by atoms with Crippen LogP contribution in [0.5, 0.6) is 0 Å². The molecule has 0 radical (unpaired) electrons. The zero-order valence-electron chi connectivity index (χ0n) is 10.5. The first-order chi connectivity index (χ1) is 8.91. The van der Waals surface area contributed by atoms with Gasteiger partial charge in [-0.2, -0.15) is 18.4 Å². The number of hydrogen-bond donors (Lipinski definition) is 0. The summed E-state index contributed by atoms with van der Waals surface area (Å²) < 4.78 is 38.6. The van der Waals surface area contributed by atoms with E-state index in [0.29, 0.717) is 18.8 Å². The maximum absolute atomic E-state index is 12.9. The van der Waals surface area contributed by atoms with Crippen LogP contribution in [0.15, 0.2) is 18.2 Å². The number of piperazine rings is 1. The lowest BCUT2D eigenvalue weighted by Gasteiger charge is -2.34. The van der Waals surface area contributed by atoms with Crippen molar-refractivity contribution in [3.05, 3.63) is 29.3 Å². The fraction of sp³-hybridized carbons (Fsp3) is 0.462. The number of nitrogens with zero attached hydrogens (tertiary/aromatic N) is 3. The number of nitriles is 1. The van der Waals surface area contributed by atoms with Crippen LogP contribution in [0.4, 0.5) is 18.9 Å². The van der Waals surface area contributed by atoms with Crippen molar-refractivity contribution in [1.29, 1.82) is 5.26 Å². The molecule has 3 nitrogen and oxygen atoms in total. The Labute approximate surface area is 109 Å². The van der Waals surface area contributed by atoms with Gasteiger partial charge in [0, 0.05) is 31.9 Å². The molecule has 0 unspecified atom stereocenters. The number of anilines is 1. The molecule has 1 aliphatic heterocycles. The van der Waals surface area contributed by atoms with Crippen molar-refractivity contribution in [2.45, 2.75) is 6.18 Å². The Morgan fingerprint density at radius 3 is 2.32 bits per heavy atom. The van der Waals surface area contributed by atoms with Crippen molar-refractivity contribution >= 4 is 5.69 Å². The van der Waals surface area contributed by atoms with Gasteiger partial charge in [-0.05, 0) is 25.2 Å². The van der Waals surface area contributed by atoms with Gasteiger partial charge >= 0.3 is 6.18 Å². The molecule has 102 valence electrons. The van der Waals surface area contributed by atoms with Gasteiger partial charge in [0.05, 0.1) is 17.2 Å². The molecule has 0 atom stereocenters. The van der Waals surface area contributed by atoms with E-state index in [0.717, 1.165) is 19.2 Å². The molecule has 1 aliphatic rings. The predicted octanol–water partition coefficient (Wildman–Crippen LogP) is 2.33. The molecule has 0 saturated carbocycles. The first-order valence-electron chi connectivity index (χ1n) is 5.96. The highest BCUT2D eigenvalue weighted by Gasteiger charge is 2.34. The Morgan fingerprint density at radius 2 is 1.79 bits per heavy atom. The molecule has 6 heteroatoms. The van der Waals surface area contributed by atoms with Gasteiger partial charge in [0.2, 0.25) is 0 Å². The van der Waals surface area contributed by atoms with Crippen LogP contribution in [0.25, 0.3) is 0 Å². The van der Waals surface area contributed by atoms with E-state index in [1.807, 2.05) is 11.9 Å². The zero-order chi connectivity index (χ0) is 14.0. The van der Waals surface area contributed by atoms with E-state index in [1.54, 1.807) is 12.1 Å². The Balaban J connectivity index is 2.31. The maximum Gasteiger partial charge on any atom is 0.417 e. The normalized spacial score (nSPS) is 17.3. The molecule has 1 fully saturated rings. The van der Waals surface area contributed by atoms with Gasteiger partial charge in [-0.15, -0.1) is 0 Å². The van der Waals surface area contributed by atoms with Crippen molar-refractivity contribution in [3.63, 3.8) is 0 Å². The molecule has 0 amide bonds. The summed E-state index contributed by atoms with van der Waals surface area (Å²) in [5, 5.41) is 8.75. The molecule has 19 heavy (non-hydrogen) atoms. The highest BCUT2D eigenvalue weighted by atomic mass is 19.4. The summed E-state index contributed by atoms with van der Waals surface area (Å²) in [6.07, 6.45) is -4.49. The van der Waals surface area contributed by atoms with Gasteiger partial charge in [-0.3, -0.25) is 0 Å². The average molecular weight is 269 g/mol. The summed E-state index contributed by atoms with van der Waals surface area (Å²) >= 11 is 0. The van der Waals surface area contributed by atoms with Crippen molar-refractivity contribution < 1.29 is 13.2 Å². The lowest BCUT2D eigenvalue weighted by atomic mass is 10.1. The largest absolute Gasteiger partial charge is 0.417 e. The van der Waals surface area contributed by atoms with E-state index in [-0.39, 0.29) is 5.56 Å². The predicted molar refractivity (Wildman–Crippen MR) is 65.9 cm³/mol. The van der Waals surface area contributed by atoms with Crippen LogP contribution in [-0.4, -0.2) is 38.1 Å². The van der Waals surface area contributed by atoms with Gasteiger partial charge in [0.25, 0.3) is 0 Å². The summed E-state index contributed by atoms with van der Waals surface area (Å²) in [6, 6.07) is 5.49. The Bertz CT molecular complexity index is 497. The third kappa shape index (κ3) is 2.99. The molecule has 1 saturated heterocycles. The van der Waals surface area contributed by atoms with Crippen LogP contribution < -0.4 is 4.90 Å². The minimum absolute atomic E-state index is 0.328. The lowest BCUT2D eigenvalue weighted by Crippen LogP contribution is -2.44. The van der Waals surface area contributed by atoms with Crippen LogP contribution in [0.1, 0.15) is 11.1 Å². The summed E-state index contributed by atoms with van der Waals surface area (Å²) in [6.45, 7) is 3.03. The number of rotatable bonds is 1. The van der Waals surface area contributed by atoms with E-state index in [9.17, 15) is 13.2 Å². The summed E-state index contributed by atoms with van der Waals surface area (Å²) in [7, 11) is 1.98. The second-order valence-electron chi connectivity index (χ2n) is 4.63. The first-order valence-corrected chi connectivity index (χ1v) is 5.96. The van der Waals surface area contributed by atoms with Crippen LogP contribution >= 0.6 is 0 Å². The molecular formula is C13H14F3N3. The van der Waals surface area contributed by atoms with Crippen LogP contribution in [0.3, 0.4) is 0 Å². The first kappa shape index (κ1) is 13.7. The number of hydrogen-bond acceptors (Lipinski definition) is 3. The Kier molecular flexibility index (Phi) is 3.67.